The minimum Gasteiger partial charge on any atom is -0.378 e. The van der Waals surface area contributed by atoms with Crippen LogP contribution in [0, 0.1) is 10.1 Å². The molecule has 0 saturated carbocycles. The Morgan fingerprint density at radius 3 is 3.00 bits per heavy atom. The number of benzene rings is 1. The third kappa shape index (κ3) is 2.96. The quantitative estimate of drug-likeness (QED) is 0.675. The molecule has 0 amide bonds. The Balaban J connectivity index is 2.06. The third-order valence-electron chi connectivity index (χ3n) is 2.35. The van der Waals surface area contributed by atoms with E-state index < -0.39 is 4.92 Å². The molecule has 0 aliphatic heterocycles. The maximum atomic E-state index is 10.9. The molecule has 0 unspecified atom stereocenters. The average Bonchev–Trinajstić information content (AvgIpc) is 2.84. The molecule has 0 atom stereocenters. The van der Waals surface area contributed by atoms with Crippen LogP contribution < -0.4 is 5.32 Å². The van der Waals surface area contributed by atoms with Crippen LogP contribution in [0.4, 0.5) is 11.4 Å². The first-order chi connectivity index (χ1) is 8.68. The van der Waals surface area contributed by atoms with Gasteiger partial charge in [-0.2, -0.15) is 0 Å². The van der Waals surface area contributed by atoms with Crippen molar-refractivity contribution in [3.8, 4) is 0 Å². The molecule has 1 aromatic carbocycles. The first kappa shape index (κ1) is 12.8. The van der Waals surface area contributed by atoms with Gasteiger partial charge in [0.05, 0.1) is 21.2 Å². The minimum atomic E-state index is -0.447. The molecule has 0 aliphatic carbocycles. The Kier molecular flexibility index (Phi) is 4.11. The highest BCUT2D eigenvalue weighted by molar-refractivity contribution is 7.07. The fraction of sp³-hybridized carbons (Fsp3) is 0.182. The van der Waals surface area contributed by atoms with Gasteiger partial charge in [-0.25, -0.2) is 4.98 Å². The van der Waals surface area contributed by atoms with Gasteiger partial charge < -0.3 is 5.32 Å². The lowest BCUT2D eigenvalue weighted by Gasteiger charge is -2.07. The number of anilines is 1. The normalized spacial score (nSPS) is 10.3. The van der Waals surface area contributed by atoms with Gasteiger partial charge in [-0.1, -0.05) is 17.7 Å². The van der Waals surface area contributed by atoms with E-state index in [9.17, 15) is 10.1 Å². The minimum absolute atomic E-state index is 0.0132. The fourth-order valence-corrected chi connectivity index (χ4v) is 2.35. The Morgan fingerprint density at radius 1 is 1.50 bits per heavy atom. The van der Waals surface area contributed by atoms with Crippen molar-refractivity contribution < 1.29 is 4.92 Å². The first-order valence-corrected chi connectivity index (χ1v) is 6.54. The molecule has 18 heavy (non-hydrogen) atoms. The van der Waals surface area contributed by atoms with Crippen LogP contribution in [-0.4, -0.2) is 16.5 Å². The number of nitrogens with one attached hydrogen (secondary N) is 1. The molecule has 1 aromatic heterocycles. The molecule has 1 heterocycles. The zero-order chi connectivity index (χ0) is 13.0. The van der Waals surface area contributed by atoms with Crippen LogP contribution in [0.1, 0.15) is 5.69 Å². The Hall–Kier alpha value is -1.66. The number of hydrogen-bond donors (Lipinski definition) is 1. The molecular formula is C11H10ClN3O2S. The predicted octanol–water partition coefficient (Wildman–Crippen LogP) is 3.36. The Morgan fingerprint density at radius 2 is 2.33 bits per heavy atom. The first-order valence-electron chi connectivity index (χ1n) is 5.22. The van der Waals surface area contributed by atoms with Gasteiger partial charge in [-0.15, -0.1) is 11.3 Å². The summed E-state index contributed by atoms with van der Waals surface area (Å²) in [6.45, 7) is 0.550. The van der Waals surface area contributed by atoms with Crippen molar-refractivity contribution in [1.82, 2.24) is 4.98 Å². The van der Waals surface area contributed by atoms with Crippen LogP contribution >= 0.6 is 22.9 Å². The third-order valence-corrected chi connectivity index (χ3v) is 3.30. The molecule has 7 heteroatoms. The lowest BCUT2D eigenvalue weighted by Crippen LogP contribution is -2.07. The van der Waals surface area contributed by atoms with Crippen molar-refractivity contribution in [2.45, 2.75) is 6.42 Å². The standard InChI is InChI=1S/C11H10ClN3O2S/c12-9-2-1-3-10(15(16)17)11(9)13-5-4-8-6-18-7-14-8/h1-3,6-7,13H,4-5H2. The number of thiazole rings is 1. The largest absolute Gasteiger partial charge is 0.378 e. The van der Waals surface area contributed by atoms with E-state index >= 15 is 0 Å². The van der Waals surface area contributed by atoms with E-state index in [1.807, 2.05) is 5.38 Å². The summed E-state index contributed by atoms with van der Waals surface area (Å²) in [5.41, 5.74) is 3.06. The van der Waals surface area contributed by atoms with Crippen LogP contribution in [0.2, 0.25) is 5.02 Å². The number of halogens is 1. The van der Waals surface area contributed by atoms with E-state index in [1.54, 1.807) is 17.6 Å². The summed E-state index contributed by atoms with van der Waals surface area (Å²) in [6.07, 6.45) is 0.700. The van der Waals surface area contributed by atoms with Gasteiger partial charge in [0.2, 0.25) is 0 Å². The molecule has 2 rings (SSSR count). The molecule has 0 saturated heterocycles. The monoisotopic (exact) mass is 283 g/mol. The summed E-state index contributed by atoms with van der Waals surface area (Å²) in [5, 5.41) is 16.2. The zero-order valence-corrected chi connectivity index (χ0v) is 10.9. The van der Waals surface area contributed by atoms with Crippen LogP contribution in [0.5, 0.6) is 0 Å². The van der Waals surface area contributed by atoms with Crippen molar-refractivity contribution in [2.24, 2.45) is 0 Å². The van der Waals surface area contributed by atoms with E-state index in [0.717, 1.165) is 5.69 Å². The maximum absolute atomic E-state index is 10.9. The molecule has 94 valence electrons. The van der Waals surface area contributed by atoms with Crippen molar-refractivity contribution in [3.05, 3.63) is 49.9 Å². The molecule has 0 aliphatic rings. The molecule has 0 bridgehead atoms. The summed E-state index contributed by atoms with van der Waals surface area (Å²) >= 11 is 7.48. The SMILES string of the molecule is O=[N+]([O-])c1cccc(Cl)c1NCCc1cscn1. The fourth-order valence-electron chi connectivity index (χ4n) is 1.52. The van der Waals surface area contributed by atoms with Crippen LogP contribution in [-0.2, 0) is 6.42 Å². The van der Waals surface area contributed by atoms with Gasteiger partial charge in [0.1, 0.15) is 5.69 Å². The second-order valence-corrected chi connectivity index (χ2v) is 4.67. The van der Waals surface area contributed by atoms with Gasteiger partial charge in [0.25, 0.3) is 5.69 Å². The molecule has 0 radical (unpaired) electrons. The summed E-state index contributed by atoms with van der Waals surface area (Å²) in [7, 11) is 0. The number of nitro groups is 1. The van der Waals surface area contributed by atoms with Gasteiger partial charge in [0.15, 0.2) is 0 Å². The molecule has 1 N–H and O–H groups in total. The maximum Gasteiger partial charge on any atom is 0.293 e. The van der Waals surface area contributed by atoms with Gasteiger partial charge in [0, 0.05) is 24.4 Å². The molecule has 2 aromatic rings. The highest BCUT2D eigenvalue weighted by Gasteiger charge is 2.15. The van der Waals surface area contributed by atoms with Gasteiger partial charge in [-0.05, 0) is 6.07 Å². The van der Waals surface area contributed by atoms with Crippen LogP contribution in [0.25, 0.3) is 0 Å². The molecular weight excluding hydrogens is 274 g/mol. The van der Waals surface area contributed by atoms with E-state index in [-0.39, 0.29) is 5.69 Å². The highest BCUT2D eigenvalue weighted by atomic mass is 35.5. The van der Waals surface area contributed by atoms with Crippen LogP contribution in [0.15, 0.2) is 29.1 Å². The second kappa shape index (κ2) is 5.79. The highest BCUT2D eigenvalue weighted by Crippen LogP contribution is 2.31. The van der Waals surface area contributed by atoms with Gasteiger partial charge >= 0.3 is 0 Å². The number of nitro benzene ring substituents is 1. The number of rotatable bonds is 5. The van der Waals surface area contributed by atoms with Crippen molar-refractivity contribution >= 4 is 34.3 Å². The summed E-state index contributed by atoms with van der Waals surface area (Å²) in [5.74, 6) is 0. The number of hydrogen-bond acceptors (Lipinski definition) is 5. The lowest BCUT2D eigenvalue weighted by molar-refractivity contribution is -0.383. The van der Waals surface area contributed by atoms with E-state index in [1.165, 1.54) is 17.4 Å². The number of para-hydroxylation sites is 1. The van der Waals surface area contributed by atoms with Crippen molar-refractivity contribution in [2.75, 3.05) is 11.9 Å². The van der Waals surface area contributed by atoms with Gasteiger partial charge in [-0.3, -0.25) is 10.1 Å². The van der Waals surface area contributed by atoms with Crippen molar-refractivity contribution in [1.29, 1.82) is 0 Å². The topological polar surface area (TPSA) is 68.1 Å². The van der Waals surface area contributed by atoms with Crippen LogP contribution in [0.3, 0.4) is 0 Å². The van der Waals surface area contributed by atoms with E-state index in [4.69, 9.17) is 11.6 Å². The number of aromatic nitrogens is 1. The zero-order valence-electron chi connectivity index (χ0n) is 9.30. The van der Waals surface area contributed by atoms with E-state index in [0.29, 0.717) is 23.7 Å². The average molecular weight is 284 g/mol. The number of nitrogens with zero attached hydrogens (tertiary/aromatic N) is 2. The second-order valence-electron chi connectivity index (χ2n) is 3.55. The molecule has 0 spiro atoms. The summed E-state index contributed by atoms with van der Waals surface area (Å²) in [4.78, 5) is 14.6. The Labute approximate surface area is 113 Å². The Bertz CT molecular complexity index is 545. The summed E-state index contributed by atoms with van der Waals surface area (Å²) in [6, 6.07) is 4.61. The van der Waals surface area contributed by atoms with E-state index in [2.05, 4.69) is 10.3 Å². The molecule has 0 fully saturated rings. The van der Waals surface area contributed by atoms with Crippen molar-refractivity contribution in [3.63, 3.8) is 0 Å². The predicted molar refractivity (Wildman–Crippen MR) is 72.4 cm³/mol. The lowest BCUT2D eigenvalue weighted by atomic mass is 10.2. The smallest absolute Gasteiger partial charge is 0.293 e. The summed E-state index contributed by atoms with van der Waals surface area (Å²) < 4.78 is 0. The molecule has 5 nitrogen and oxygen atoms in total.